The van der Waals surface area contributed by atoms with Crippen molar-refractivity contribution in [3.8, 4) is 0 Å². The van der Waals surface area contributed by atoms with Crippen LogP contribution < -0.4 is 10.6 Å². The number of amides is 3. The van der Waals surface area contributed by atoms with Crippen molar-refractivity contribution in [1.82, 2.24) is 10.5 Å². The number of imide groups is 1. The monoisotopic (exact) mass is 257 g/mol. The number of nitrogens with zero attached hydrogens (tertiary/aromatic N) is 1. The molecular weight excluding hydrogens is 250 g/mol. The van der Waals surface area contributed by atoms with Gasteiger partial charge in [0.2, 0.25) is 5.76 Å². The second kappa shape index (κ2) is 4.05. The molecule has 3 amide bonds. The number of carbonyl (C=O) groups excluding carboxylic acids is 3. The second-order valence-corrected chi connectivity index (χ2v) is 3.84. The van der Waals surface area contributed by atoms with Gasteiger partial charge < -0.3 is 9.84 Å². The van der Waals surface area contributed by atoms with Gasteiger partial charge in [-0.3, -0.25) is 19.7 Å². The molecular formula is C12H7N3O4. The average molecular weight is 257 g/mol. The van der Waals surface area contributed by atoms with Crippen molar-refractivity contribution in [2.45, 2.75) is 0 Å². The zero-order chi connectivity index (χ0) is 13.4. The molecule has 0 atom stereocenters. The number of nitrogens with one attached hydrogen (secondary N) is 2. The summed E-state index contributed by atoms with van der Waals surface area (Å²) in [6.07, 6.45) is 1.33. The summed E-state index contributed by atoms with van der Waals surface area (Å²) in [6.45, 7) is 0. The number of anilines is 1. The van der Waals surface area contributed by atoms with E-state index in [9.17, 15) is 14.4 Å². The molecule has 0 fully saturated rings. The SMILES string of the molecule is O=C(Nc1cccc2c1C(=O)NC2=O)c1ccno1. The Hall–Kier alpha value is -2.96. The maximum absolute atomic E-state index is 11.8. The number of rotatable bonds is 2. The topological polar surface area (TPSA) is 101 Å². The molecule has 0 aliphatic carbocycles. The first-order valence-corrected chi connectivity index (χ1v) is 5.37. The van der Waals surface area contributed by atoms with Crippen LogP contribution in [0.2, 0.25) is 0 Å². The van der Waals surface area contributed by atoms with Gasteiger partial charge in [0.15, 0.2) is 0 Å². The number of aromatic nitrogens is 1. The molecule has 1 aromatic heterocycles. The van der Waals surface area contributed by atoms with Gasteiger partial charge in [-0.05, 0) is 12.1 Å². The molecule has 2 N–H and O–H groups in total. The highest BCUT2D eigenvalue weighted by Crippen LogP contribution is 2.24. The first-order chi connectivity index (χ1) is 9.16. The Morgan fingerprint density at radius 3 is 2.79 bits per heavy atom. The Morgan fingerprint density at radius 1 is 1.21 bits per heavy atom. The van der Waals surface area contributed by atoms with Gasteiger partial charge in [-0.15, -0.1) is 0 Å². The molecule has 1 aliphatic rings. The zero-order valence-corrected chi connectivity index (χ0v) is 9.47. The predicted molar refractivity (Wildman–Crippen MR) is 62.7 cm³/mol. The van der Waals surface area contributed by atoms with E-state index in [1.54, 1.807) is 6.07 Å². The summed E-state index contributed by atoms with van der Waals surface area (Å²) in [4.78, 5) is 34.9. The van der Waals surface area contributed by atoms with Crippen LogP contribution >= 0.6 is 0 Å². The highest BCUT2D eigenvalue weighted by molar-refractivity contribution is 6.24. The van der Waals surface area contributed by atoms with Gasteiger partial charge in [0.1, 0.15) is 0 Å². The molecule has 0 spiro atoms. The summed E-state index contributed by atoms with van der Waals surface area (Å²) in [5.41, 5.74) is 0.642. The van der Waals surface area contributed by atoms with E-state index in [4.69, 9.17) is 4.52 Å². The third kappa shape index (κ3) is 1.77. The quantitative estimate of drug-likeness (QED) is 0.775. The standard InChI is InChI=1S/C12H7N3O4/c16-10-6-2-1-3-7(9(6)12(18)15-10)14-11(17)8-4-5-13-19-8/h1-5H,(H,14,17)(H,15,16,18). The molecule has 0 saturated heterocycles. The molecule has 0 unspecified atom stereocenters. The Kier molecular flexibility index (Phi) is 2.38. The van der Waals surface area contributed by atoms with E-state index in [0.717, 1.165) is 0 Å². The fraction of sp³-hybridized carbons (Fsp3) is 0. The molecule has 7 heteroatoms. The maximum atomic E-state index is 11.8. The fourth-order valence-electron chi connectivity index (χ4n) is 1.84. The maximum Gasteiger partial charge on any atom is 0.294 e. The van der Waals surface area contributed by atoms with E-state index in [1.807, 2.05) is 0 Å². The predicted octanol–water partition coefficient (Wildman–Crippen LogP) is 0.810. The van der Waals surface area contributed by atoms with Crippen molar-refractivity contribution in [1.29, 1.82) is 0 Å². The third-order valence-electron chi connectivity index (χ3n) is 2.67. The van der Waals surface area contributed by atoms with Crippen LogP contribution in [0.15, 0.2) is 35.0 Å². The Balaban J connectivity index is 1.97. The number of benzene rings is 1. The summed E-state index contributed by atoms with van der Waals surface area (Å²) >= 11 is 0. The minimum atomic E-state index is -0.543. The van der Waals surface area contributed by atoms with Crippen molar-refractivity contribution in [2.24, 2.45) is 0 Å². The summed E-state index contributed by atoms with van der Waals surface area (Å²) in [6, 6.07) is 6.02. The molecule has 94 valence electrons. The first-order valence-electron chi connectivity index (χ1n) is 5.37. The van der Waals surface area contributed by atoms with E-state index in [1.165, 1.54) is 24.4 Å². The van der Waals surface area contributed by atoms with E-state index in [0.29, 0.717) is 0 Å². The van der Waals surface area contributed by atoms with Gasteiger partial charge in [-0.25, -0.2) is 0 Å². The summed E-state index contributed by atoms with van der Waals surface area (Å²) in [5.74, 6) is -1.54. The van der Waals surface area contributed by atoms with E-state index in [-0.39, 0.29) is 22.6 Å². The van der Waals surface area contributed by atoms with Crippen molar-refractivity contribution in [2.75, 3.05) is 5.32 Å². The summed E-state index contributed by atoms with van der Waals surface area (Å²) in [7, 11) is 0. The molecule has 0 bridgehead atoms. The van der Waals surface area contributed by atoms with Crippen LogP contribution in [0.3, 0.4) is 0 Å². The molecule has 7 nitrogen and oxygen atoms in total. The summed E-state index contributed by atoms with van der Waals surface area (Å²) < 4.78 is 4.71. The highest BCUT2D eigenvalue weighted by atomic mass is 16.5. The zero-order valence-electron chi connectivity index (χ0n) is 9.47. The fourth-order valence-corrected chi connectivity index (χ4v) is 1.84. The lowest BCUT2D eigenvalue weighted by Gasteiger charge is -2.06. The van der Waals surface area contributed by atoms with Crippen LogP contribution in [-0.4, -0.2) is 22.9 Å². The van der Waals surface area contributed by atoms with Crippen molar-refractivity contribution >= 4 is 23.4 Å². The van der Waals surface area contributed by atoms with Crippen LogP contribution in [0.1, 0.15) is 31.3 Å². The van der Waals surface area contributed by atoms with Gasteiger partial charge in [0.25, 0.3) is 17.7 Å². The van der Waals surface area contributed by atoms with E-state index in [2.05, 4.69) is 15.8 Å². The molecule has 2 heterocycles. The van der Waals surface area contributed by atoms with Crippen molar-refractivity contribution in [3.05, 3.63) is 47.3 Å². The Bertz CT molecular complexity index is 691. The number of hydrogen-bond acceptors (Lipinski definition) is 5. The van der Waals surface area contributed by atoms with Crippen LogP contribution in [0.25, 0.3) is 0 Å². The molecule has 3 rings (SSSR count). The number of carbonyl (C=O) groups is 3. The van der Waals surface area contributed by atoms with Gasteiger partial charge in [0.05, 0.1) is 23.0 Å². The van der Waals surface area contributed by atoms with Gasteiger partial charge in [-0.1, -0.05) is 11.2 Å². The largest absolute Gasteiger partial charge is 0.351 e. The lowest BCUT2D eigenvalue weighted by Crippen LogP contribution is -2.20. The molecule has 2 aromatic rings. The molecule has 1 aliphatic heterocycles. The molecule has 0 radical (unpaired) electrons. The van der Waals surface area contributed by atoms with Gasteiger partial charge in [0, 0.05) is 6.07 Å². The molecule has 1 aromatic carbocycles. The molecule has 0 saturated carbocycles. The average Bonchev–Trinajstić information content (AvgIpc) is 3.00. The van der Waals surface area contributed by atoms with E-state index < -0.39 is 17.7 Å². The van der Waals surface area contributed by atoms with Crippen molar-refractivity contribution in [3.63, 3.8) is 0 Å². The van der Waals surface area contributed by atoms with Gasteiger partial charge >= 0.3 is 0 Å². The number of hydrogen-bond donors (Lipinski definition) is 2. The van der Waals surface area contributed by atoms with Crippen LogP contribution in [0.5, 0.6) is 0 Å². The normalized spacial score (nSPS) is 13.1. The Morgan fingerprint density at radius 2 is 2.05 bits per heavy atom. The molecule has 19 heavy (non-hydrogen) atoms. The second-order valence-electron chi connectivity index (χ2n) is 3.84. The lowest BCUT2D eigenvalue weighted by atomic mass is 10.1. The van der Waals surface area contributed by atoms with Crippen LogP contribution in [-0.2, 0) is 0 Å². The Labute approximate surface area is 106 Å². The highest BCUT2D eigenvalue weighted by Gasteiger charge is 2.30. The minimum Gasteiger partial charge on any atom is -0.351 e. The van der Waals surface area contributed by atoms with Crippen molar-refractivity contribution < 1.29 is 18.9 Å². The summed E-state index contributed by atoms with van der Waals surface area (Å²) in [5, 5.41) is 8.09. The van der Waals surface area contributed by atoms with Crippen LogP contribution in [0.4, 0.5) is 5.69 Å². The van der Waals surface area contributed by atoms with Gasteiger partial charge in [-0.2, -0.15) is 0 Å². The van der Waals surface area contributed by atoms with E-state index >= 15 is 0 Å². The smallest absolute Gasteiger partial charge is 0.294 e. The third-order valence-corrected chi connectivity index (χ3v) is 2.67. The minimum absolute atomic E-state index is 0.0161. The number of fused-ring (bicyclic) bond motifs is 1. The van der Waals surface area contributed by atoms with Crippen LogP contribution in [0, 0.1) is 0 Å². The first kappa shape index (κ1) is 11.1. The lowest BCUT2D eigenvalue weighted by molar-refractivity contribution is 0.0879.